The van der Waals surface area contributed by atoms with E-state index in [2.05, 4.69) is 5.32 Å². The zero-order valence-corrected chi connectivity index (χ0v) is 13.4. The van der Waals surface area contributed by atoms with Crippen molar-refractivity contribution < 1.29 is 13.2 Å². The first-order chi connectivity index (χ1) is 9.59. The van der Waals surface area contributed by atoms with E-state index < -0.39 is 10.2 Å². The van der Waals surface area contributed by atoms with Crippen LogP contribution in [0.1, 0.15) is 25.7 Å². The number of nitrogens with one attached hydrogen (secondary N) is 1. The number of hydrogen-bond acceptors (Lipinski definition) is 4. The number of hydrogen-bond donors (Lipinski definition) is 1. The highest BCUT2D eigenvalue weighted by molar-refractivity contribution is 7.86. The van der Waals surface area contributed by atoms with Gasteiger partial charge in [0.1, 0.15) is 0 Å². The number of rotatable bonds is 6. The molecule has 1 unspecified atom stereocenters. The minimum Gasteiger partial charge on any atom is -0.383 e. The lowest BCUT2D eigenvalue weighted by atomic mass is 9.98. The number of nitrogens with zero attached hydrogens (tertiary/aromatic N) is 2. The second kappa shape index (κ2) is 7.17. The van der Waals surface area contributed by atoms with Gasteiger partial charge in [0.2, 0.25) is 0 Å². The Hall–Kier alpha value is -0.210. The van der Waals surface area contributed by atoms with Gasteiger partial charge in [0.05, 0.1) is 6.61 Å². The smallest absolute Gasteiger partial charge is 0.282 e. The van der Waals surface area contributed by atoms with E-state index in [9.17, 15) is 8.42 Å². The Morgan fingerprint density at radius 3 is 2.50 bits per heavy atom. The third-order valence-corrected chi connectivity index (χ3v) is 6.46. The van der Waals surface area contributed by atoms with Crippen molar-refractivity contribution >= 4 is 10.2 Å². The summed E-state index contributed by atoms with van der Waals surface area (Å²) < 4.78 is 33.9. The summed E-state index contributed by atoms with van der Waals surface area (Å²) >= 11 is 0. The normalized spacial score (nSPS) is 27.2. The summed E-state index contributed by atoms with van der Waals surface area (Å²) in [6, 6.07) is 0.0139. The van der Waals surface area contributed by atoms with Gasteiger partial charge in [0.15, 0.2) is 0 Å². The summed E-state index contributed by atoms with van der Waals surface area (Å²) in [6.07, 6.45) is 3.73. The van der Waals surface area contributed by atoms with Crippen molar-refractivity contribution in [2.24, 2.45) is 5.92 Å². The molecule has 0 aliphatic carbocycles. The van der Waals surface area contributed by atoms with Crippen molar-refractivity contribution in [3.8, 4) is 0 Å². The lowest BCUT2D eigenvalue weighted by Gasteiger charge is -2.35. The van der Waals surface area contributed by atoms with Gasteiger partial charge in [-0.3, -0.25) is 0 Å². The van der Waals surface area contributed by atoms with Crippen LogP contribution in [0.2, 0.25) is 0 Å². The summed E-state index contributed by atoms with van der Waals surface area (Å²) in [6.45, 7) is 3.39. The molecule has 2 fully saturated rings. The molecule has 0 aromatic rings. The highest BCUT2D eigenvalue weighted by Gasteiger charge is 2.39. The first-order valence-corrected chi connectivity index (χ1v) is 8.89. The lowest BCUT2D eigenvalue weighted by molar-refractivity contribution is 0.144. The van der Waals surface area contributed by atoms with Crippen LogP contribution in [-0.4, -0.2) is 70.0 Å². The molecule has 1 N–H and O–H groups in total. The fraction of sp³-hybridized carbons (Fsp3) is 1.00. The Balaban J connectivity index is 1.97. The van der Waals surface area contributed by atoms with Crippen LogP contribution < -0.4 is 5.32 Å². The number of piperidine rings is 1. The highest BCUT2D eigenvalue weighted by atomic mass is 32.2. The fourth-order valence-electron chi connectivity index (χ4n) is 3.25. The second-order valence-corrected chi connectivity index (χ2v) is 7.65. The molecule has 1 atom stereocenters. The Morgan fingerprint density at radius 1 is 1.20 bits per heavy atom. The van der Waals surface area contributed by atoms with Crippen LogP contribution in [0.25, 0.3) is 0 Å². The molecule has 2 saturated heterocycles. The van der Waals surface area contributed by atoms with Crippen molar-refractivity contribution in [2.75, 3.05) is 46.9 Å². The third-order valence-electron chi connectivity index (χ3n) is 4.37. The lowest BCUT2D eigenvalue weighted by Crippen LogP contribution is -2.50. The van der Waals surface area contributed by atoms with Crippen molar-refractivity contribution in [1.29, 1.82) is 0 Å². The molecule has 0 bridgehead atoms. The highest BCUT2D eigenvalue weighted by Crippen LogP contribution is 2.26. The first kappa shape index (κ1) is 16.2. The van der Waals surface area contributed by atoms with Crippen LogP contribution in [-0.2, 0) is 14.9 Å². The predicted molar refractivity (Wildman–Crippen MR) is 78.7 cm³/mol. The van der Waals surface area contributed by atoms with Gasteiger partial charge in [-0.25, -0.2) is 0 Å². The van der Waals surface area contributed by atoms with E-state index in [0.29, 0.717) is 32.2 Å². The molecule has 118 valence electrons. The Kier molecular flexibility index (Phi) is 5.80. The molecule has 0 amide bonds. The Morgan fingerprint density at radius 2 is 1.90 bits per heavy atom. The van der Waals surface area contributed by atoms with E-state index in [1.54, 1.807) is 15.7 Å². The topological polar surface area (TPSA) is 61.9 Å². The Bertz CT molecular complexity index is 394. The van der Waals surface area contributed by atoms with Gasteiger partial charge >= 0.3 is 0 Å². The number of ether oxygens (including phenoxy) is 1. The summed E-state index contributed by atoms with van der Waals surface area (Å²) in [7, 11) is 0.273. The average molecular weight is 305 g/mol. The van der Waals surface area contributed by atoms with Crippen molar-refractivity contribution in [3.05, 3.63) is 0 Å². The molecule has 0 saturated carbocycles. The maximum absolute atomic E-state index is 12.7. The summed E-state index contributed by atoms with van der Waals surface area (Å²) in [5, 5.41) is 3.17. The SMILES string of the molecule is CNCC1CCN(S(=O)(=O)N2CCCC2COC)CC1. The van der Waals surface area contributed by atoms with Gasteiger partial charge in [0.25, 0.3) is 10.2 Å². The van der Waals surface area contributed by atoms with E-state index in [-0.39, 0.29) is 6.04 Å². The molecule has 0 aromatic carbocycles. The molecule has 2 aliphatic heterocycles. The molecule has 2 heterocycles. The standard InChI is InChI=1S/C13H27N3O3S/c1-14-10-12-5-8-15(9-6-12)20(17,18)16-7-3-4-13(16)11-19-2/h12-14H,3-11H2,1-2H3. The predicted octanol–water partition coefficient (Wildman–Crippen LogP) is 0.273. The van der Waals surface area contributed by atoms with Gasteiger partial charge in [-0.2, -0.15) is 17.0 Å². The van der Waals surface area contributed by atoms with Crippen LogP contribution in [0.4, 0.5) is 0 Å². The van der Waals surface area contributed by atoms with E-state index in [0.717, 1.165) is 32.2 Å². The first-order valence-electron chi connectivity index (χ1n) is 7.50. The molecule has 6 nitrogen and oxygen atoms in total. The van der Waals surface area contributed by atoms with Crippen LogP contribution in [0.3, 0.4) is 0 Å². The van der Waals surface area contributed by atoms with Crippen molar-refractivity contribution in [1.82, 2.24) is 13.9 Å². The van der Waals surface area contributed by atoms with Gasteiger partial charge in [-0.05, 0) is 45.2 Å². The van der Waals surface area contributed by atoms with E-state index >= 15 is 0 Å². The molecule has 7 heteroatoms. The van der Waals surface area contributed by atoms with Crippen molar-refractivity contribution in [3.63, 3.8) is 0 Å². The monoisotopic (exact) mass is 305 g/mol. The van der Waals surface area contributed by atoms with Gasteiger partial charge in [-0.15, -0.1) is 0 Å². The van der Waals surface area contributed by atoms with E-state index in [4.69, 9.17) is 4.74 Å². The van der Waals surface area contributed by atoms with E-state index in [1.165, 1.54) is 0 Å². The number of methoxy groups -OCH3 is 1. The zero-order chi connectivity index (χ0) is 14.6. The fourth-order valence-corrected chi connectivity index (χ4v) is 5.12. The minimum absolute atomic E-state index is 0.0139. The van der Waals surface area contributed by atoms with Crippen LogP contribution >= 0.6 is 0 Å². The summed E-state index contributed by atoms with van der Waals surface area (Å²) in [4.78, 5) is 0. The molecule has 0 radical (unpaired) electrons. The van der Waals surface area contributed by atoms with Gasteiger partial charge in [0, 0.05) is 32.8 Å². The van der Waals surface area contributed by atoms with Gasteiger partial charge in [-0.1, -0.05) is 0 Å². The summed E-state index contributed by atoms with van der Waals surface area (Å²) in [5.41, 5.74) is 0. The van der Waals surface area contributed by atoms with Crippen LogP contribution in [0.15, 0.2) is 0 Å². The molecule has 2 aliphatic rings. The van der Waals surface area contributed by atoms with E-state index in [1.807, 2.05) is 7.05 Å². The quantitative estimate of drug-likeness (QED) is 0.765. The second-order valence-electron chi connectivity index (χ2n) is 5.77. The van der Waals surface area contributed by atoms with Crippen molar-refractivity contribution in [2.45, 2.75) is 31.7 Å². The molecule has 2 rings (SSSR count). The third kappa shape index (κ3) is 3.51. The van der Waals surface area contributed by atoms with Gasteiger partial charge < -0.3 is 10.1 Å². The molecular weight excluding hydrogens is 278 g/mol. The molecule has 0 spiro atoms. The van der Waals surface area contributed by atoms with Crippen LogP contribution in [0, 0.1) is 5.92 Å². The molecular formula is C13H27N3O3S. The average Bonchev–Trinajstić information content (AvgIpc) is 2.89. The molecule has 20 heavy (non-hydrogen) atoms. The Labute approximate surface area is 122 Å². The molecule has 0 aromatic heterocycles. The zero-order valence-electron chi connectivity index (χ0n) is 12.5. The summed E-state index contributed by atoms with van der Waals surface area (Å²) in [5.74, 6) is 0.597. The van der Waals surface area contributed by atoms with Crippen LogP contribution in [0.5, 0.6) is 0 Å². The minimum atomic E-state index is -3.31. The largest absolute Gasteiger partial charge is 0.383 e. The maximum Gasteiger partial charge on any atom is 0.282 e. The maximum atomic E-state index is 12.7.